The zero-order chi connectivity index (χ0) is 14.9. The van der Waals surface area contributed by atoms with Gasteiger partial charge in [-0.05, 0) is 18.2 Å². The van der Waals surface area contributed by atoms with E-state index in [-0.39, 0.29) is 12.2 Å². The first kappa shape index (κ1) is 14.4. The SMILES string of the molecule is NC(=O)O[C@@H]1CCN(c2ccc(C(F)(F)F)cc2F)C1. The van der Waals surface area contributed by atoms with Crippen molar-refractivity contribution in [1.29, 1.82) is 0 Å². The van der Waals surface area contributed by atoms with E-state index < -0.39 is 29.8 Å². The highest BCUT2D eigenvalue weighted by Crippen LogP contribution is 2.33. The maximum Gasteiger partial charge on any atom is 0.416 e. The van der Waals surface area contributed by atoms with Crippen LogP contribution in [0.1, 0.15) is 12.0 Å². The number of hydrogen-bond donors (Lipinski definition) is 1. The minimum Gasteiger partial charge on any atom is -0.444 e. The molecule has 1 atom stereocenters. The van der Waals surface area contributed by atoms with Gasteiger partial charge >= 0.3 is 12.3 Å². The Labute approximate surface area is 112 Å². The molecule has 1 saturated heterocycles. The van der Waals surface area contributed by atoms with E-state index in [0.29, 0.717) is 19.0 Å². The van der Waals surface area contributed by atoms with Gasteiger partial charge in [0.05, 0.1) is 17.8 Å². The van der Waals surface area contributed by atoms with E-state index in [1.807, 2.05) is 0 Å². The standard InChI is InChI=1S/C12H12F4N2O2/c13-9-5-7(12(14,15)16)1-2-10(9)18-4-3-8(6-18)20-11(17)19/h1-2,5,8H,3-4,6H2,(H2,17,19)/t8-/m1/s1. The highest BCUT2D eigenvalue weighted by atomic mass is 19.4. The lowest BCUT2D eigenvalue weighted by Gasteiger charge is -2.20. The van der Waals surface area contributed by atoms with Crippen molar-refractivity contribution in [2.75, 3.05) is 18.0 Å². The molecule has 0 aliphatic carbocycles. The molecule has 0 unspecified atom stereocenters. The number of halogens is 4. The number of nitrogens with zero attached hydrogens (tertiary/aromatic N) is 1. The quantitative estimate of drug-likeness (QED) is 0.852. The van der Waals surface area contributed by atoms with Crippen LogP contribution in [0.2, 0.25) is 0 Å². The summed E-state index contributed by atoms with van der Waals surface area (Å²) in [5.41, 5.74) is 3.89. The number of primary amides is 1. The summed E-state index contributed by atoms with van der Waals surface area (Å²) >= 11 is 0. The molecule has 0 spiro atoms. The summed E-state index contributed by atoms with van der Waals surface area (Å²) in [4.78, 5) is 12.1. The molecule has 1 aliphatic rings. The van der Waals surface area contributed by atoms with Crippen LogP contribution in [-0.2, 0) is 10.9 Å². The fourth-order valence-corrected chi connectivity index (χ4v) is 2.15. The van der Waals surface area contributed by atoms with E-state index in [1.54, 1.807) is 0 Å². The van der Waals surface area contributed by atoms with Crippen LogP contribution in [0.15, 0.2) is 18.2 Å². The van der Waals surface area contributed by atoms with Crippen molar-refractivity contribution in [2.45, 2.75) is 18.7 Å². The van der Waals surface area contributed by atoms with Gasteiger partial charge in [-0.2, -0.15) is 13.2 Å². The van der Waals surface area contributed by atoms with Crippen LogP contribution in [0.3, 0.4) is 0 Å². The Morgan fingerprint density at radius 3 is 2.65 bits per heavy atom. The maximum absolute atomic E-state index is 13.7. The van der Waals surface area contributed by atoms with Crippen LogP contribution in [0.5, 0.6) is 0 Å². The number of nitrogens with two attached hydrogens (primary N) is 1. The minimum absolute atomic E-state index is 0.0496. The van der Waals surface area contributed by atoms with E-state index in [9.17, 15) is 22.4 Å². The number of alkyl halides is 3. The zero-order valence-corrected chi connectivity index (χ0v) is 10.3. The molecule has 110 valence electrons. The predicted octanol–water partition coefficient (Wildman–Crippen LogP) is 2.52. The number of carbonyl (C=O) groups excluding carboxylic acids is 1. The lowest BCUT2D eigenvalue weighted by atomic mass is 10.2. The van der Waals surface area contributed by atoms with Crippen molar-refractivity contribution in [3.05, 3.63) is 29.6 Å². The molecule has 1 heterocycles. The third-order valence-electron chi connectivity index (χ3n) is 3.04. The van der Waals surface area contributed by atoms with Gasteiger partial charge in [-0.15, -0.1) is 0 Å². The molecule has 1 aromatic rings. The highest BCUT2D eigenvalue weighted by molar-refractivity contribution is 5.65. The van der Waals surface area contributed by atoms with Crippen molar-refractivity contribution in [3.63, 3.8) is 0 Å². The first-order valence-electron chi connectivity index (χ1n) is 5.85. The normalized spacial score (nSPS) is 19.2. The fraction of sp³-hybridized carbons (Fsp3) is 0.417. The summed E-state index contributed by atoms with van der Waals surface area (Å²) in [7, 11) is 0. The lowest BCUT2D eigenvalue weighted by molar-refractivity contribution is -0.137. The van der Waals surface area contributed by atoms with Crippen LogP contribution in [0.4, 0.5) is 28.0 Å². The molecule has 2 N–H and O–H groups in total. The van der Waals surface area contributed by atoms with Gasteiger partial charge in [-0.25, -0.2) is 9.18 Å². The van der Waals surface area contributed by atoms with Crippen LogP contribution in [0, 0.1) is 5.82 Å². The number of ether oxygens (including phenoxy) is 1. The second kappa shape index (κ2) is 5.18. The van der Waals surface area contributed by atoms with Crippen LogP contribution < -0.4 is 10.6 Å². The predicted molar refractivity (Wildman–Crippen MR) is 62.7 cm³/mol. The Bertz CT molecular complexity index is 519. The van der Waals surface area contributed by atoms with Gasteiger partial charge in [-0.1, -0.05) is 0 Å². The van der Waals surface area contributed by atoms with Crippen LogP contribution >= 0.6 is 0 Å². The zero-order valence-electron chi connectivity index (χ0n) is 10.3. The van der Waals surface area contributed by atoms with Crippen molar-refractivity contribution < 1.29 is 27.1 Å². The average Bonchev–Trinajstić information content (AvgIpc) is 2.75. The smallest absolute Gasteiger partial charge is 0.416 e. The molecule has 0 bridgehead atoms. The molecule has 1 amide bonds. The number of anilines is 1. The highest BCUT2D eigenvalue weighted by Gasteiger charge is 2.32. The first-order valence-corrected chi connectivity index (χ1v) is 5.85. The molecule has 20 heavy (non-hydrogen) atoms. The molecule has 0 aromatic heterocycles. The van der Waals surface area contributed by atoms with Gasteiger partial charge < -0.3 is 15.4 Å². The summed E-state index contributed by atoms with van der Waals surface area (Å²) in [6.45, 7) is 0.575. The van der Waals surface area contributed by atoms with E-state index in [2.05, 4.69) is 0 Å². The van der Waals surface area contributed by atoms with E-state index in [4.69, 9.17) is 10.5 Å². The summed E-state index contributed by atoms with van der Waals surface area (Å²) < 4.78 is 55.8. The Balaban J connectivity index is 2.13. The number of carbonyl (C=O) groups is 1. The number of rotatable bonds is 2. The second-order valence-electron chi connectivity index (χ2n) is 4.46. The fourth-order valence-electron chi connectivity index (χ4n) is 2.15. The minimum atomic E-state index is -4.58. The van der Waals surface area contributed by atoms with E-state index in [0.717, 1.165) is 12.1 Å². The van der Waals surface area contributed by atoms with Crippen LogP contribution in [-0.4, -0.2) is 25.3 Å². The largest absolute Gasteiger partial charge is 0.444 e. The Hall–Kier alpha value is -1.99. The van der Waals surface area contributed by atoms with Crippen molar-refractivity contribution in [1.82, 2.24) is 0 Å². The van der Waals surface area contributed by atoms with Gasteiger partial charge in [-0.3, -0.25) is 0 Å². The Morgan fingerprint density at radius 2 is 2.10 bits per heavy atom. The van der Waals surface area contributed by atoms with Gasteiger partial charge in [0, 0.05) is 13.0 Å². The summed E-state index contributed by atoms with van der Waals surface area (Å²) in [6.07, 6.45) is -5.54. The Morgan fingerprint density at radius 1 is 1.40 bits per heavy atom. The van der Waals surface area contributed by atoms with Crippen molar-refractivity contribution in [2.24, 2.45) is 5.73 Å². The molecule has 4 nitrogen and oxygen atoms in total. The second-order valence-corrected chi connectivity index (χ2v) is 4.46. The van der Waals surface area contributed by atoms with Gasteiger partial charge in [0.25, 0.3) is 0 Å². The average molecular weight is 292 g/mol. The molecule has 0 saturated carbocycles. The third kappa shape index (κ3) is 3.12. The van der Waals surface area contributed by atoms with Gasteiger partial charge in [0.1, 0.15) is 11.9 Å². The van der Waals surface area contributed by atoms with Crippen LogP contribution in [0.25, 0.3) is 0 Å². The maximum atomic E-state index is 13.7. The first-order chi connectivity index (χ1) is 9.27. The number of hydrogen-bond acceptors (Lipinski definition) is 3. The Kier molecular flexibility index (Phi) is 3.74. The van der Waals surface area contributed by atoms with Crippen molar-refractivity contribution >= 4 is 11.8 Å². The molecule has 1 aliphatic heterocycles. The summed E-state index contributed by atoms with van der Waals surface area (Å²) in [5, 5.41) is 0. The van der Waals surface area contributed by atoms with E-state index in [1.165, 1.54) is 4.90 Å². The number of amides is 1. The summed E-state index contributed by atoms with van der Waals surface area (Å²) in [6, 6.07) is 2.35. The molecule has 8 heteroatoms. The van der Waals surface area contributed by atoms with Crippen molar-refractivity contribution in [3.8, 4) is 0 Å². The number of benzene rings is 1. The molecule has 1 fully saturated rings. The topological polar surface area (TPSA) is 55.6 Å². The molecule has 0 radical (unpaired) electrons. The summed E-state index contributed by atoms with van der Waals surface area (Å²) in [5.74, 6) is -0.959. The molecular formula is C12H12F4N2O2. The van der Waals surface area contributed by atoms with Gasteiger partial charge in [0.2, 0.25) is 0 Å². The monoisotopic (exact) mass is 292 g/mol. The lowest BCUT2D eigenvalue weighted by Crippen LogP contribution is -2.27. The molecular weight excluding hydrogens is 280 g/mol. The third-order valence-corrected chi connectivity index (χ3v) is 3.04. The molecule has 2 rings (SSSR count). The van der Waals surface area contributed by atoms with E-state index >= 15 is 0 Å². The molecule has 1 aromatic carbocycles. The van der Waals surface area contributed by atoms with Gasteiger partial charge in [0.15, 0.2) is 0 Å².